The summed E-state index contributed by atoms with van der Waals surface area (Å²) in [5, 5.41) is 0. The van der Waals surface area contributed by atoms with Crippen LogP contribution in [-0.4, -0.2) is 42.5 Å². The second kappa shape index (κ2) is 7.07. The molecule has 1 aliphatic carbocycles. The Morgan fingerprint density at radius 1 is 1.15 bits per heavy atom. The van der Waals surface area contributed by atoms with Crippen molar-refractivity contribution in [3.63, 3.8) is 0 Å². The van der Waals surface area contributed by atoms with Crippen LogP contribution in [0.15, 0.2) is 0 Å². The molecule has 0 bridgehead atoms. The van der Waals surface area contributed by atoms with E-state index in [1.54, 1.807) is 0 Å². The molecule has 0 aromatic rings. The number of nitrogens with zero attached hydrogens (tertiary/aromatic N) is 1. The predicted octanol–water partition coefficient (Wildman–Crippen LogP) is 1.45. The number of hydrogen-bond acceptors (Lipinski definition) is 4. The van der Waals surface area contributed by atoms with Crippen LogP contribution < -0.4 is 5.73 Å². The zero-order valence-corrected chi connectivity index (χ0v) is 12.3. The maximum Gasteiger partial charge on any atom is 0.307 e. The van der Waals surface area contributed by atoms with Crippen molar-refractivity contribution in [2.45, 2.75) is 63.5 Å². The fraction of sp³-hybridized carbons (Fsp3) is 0.867. The number of nitrogens with two attached hydrogens (primary N) is 1. The zero-order valence-electron chi connectivity index (χ0n) is 12.3. The second-order valence-corrected chi connectivity index (χ2v) is 6.02. The number of carbonyl (C=O) groups is 2. The molecule has 2 fully saturated rings. The van der Waals surface area contributed by atoms with Crippen molar-refractivity contribution in [2.24, 2.45) is 11.7 Å². The Kier molecular flexibility index (Phi) is 5.40. The van der Waals surface area contributed by atoms with E-state index in [2.05, 4.69) is 0 Å². The van der Waals surface area contributed by atoms with E-state index >= 15 is 0 Å². The third kappa shape index (κ3) is 3.51. The monoisotopic (exact) mass is 282 g/mol. The molecule has 1 aliphatic heterocycles. The number of esters is 1. The topological polar surface area (TPSA) is 72.6 Å². The lowest BCUT2D eigenvalue weighted by Gasteiger charge is -2.39. The van der Waals surface area contributed by atoms with Crippen LogP contribution in [0.5, 0.6) is 0 Å². The number of methoxy groups -OCH3 is 1. The normalized spacial score (nSPS) is 30.9. The fourth-order valence-corrected chi connectivity index (χ4v) is 3.46. The molecule has 0 radical (unpaired) electrons. The van der Waals surface area contributed by atoms with Gasteiger partial charge in [0.2, 0.25) is 5.91 Å². The SMILES string of the molecule is COC(=O)CC1CCCCN1C(=O)C1CCCCC1N. The van der Waals surface area contributed by atoms with Gasteiger partial charge in [-0.1, -0.05) is 12.8 Å². The molecule has 1 saturated heterocycles. The summed E-state index contributed by atoms with van der Waals surface area (Å²) in [4.78, 5) is 26.1. The molecule has 1 saturated carbocycles. The van der Waals surface area contributed by atoms with Crippen LogP contribution in [0.2, 0.25) is 0 Å². The highest BCUT2D eigenvalue weighted by atomic mass is 16.5. The van der Waals surface area contributed by atoms with E-state index in [1.807, 2.05) is 4.90 Å². The summed E-state index contributed by atoms with van der Waals surface area (Å²) in [5.41, 5.74) is 6.12. The molecule has 0 aromatic carbocycles. The van der Waals surface area contributed by atoms with Crippen molar-refractivity contribution in [3.8, 4) is 0 Å². The standard InChI is InChI=1S/C15H26N2O3/c1-20-14(18)10-11-6-4-5-9-17(11)15(19)12-7-2-3-8-13(12)16/h11-13H,2-10,16H2,1H3. The first kappa shape index (κ1) is 15.3. The minimum atomic E-state index is -0.234. The van der Waals surface area contributed by atoms with Crippen LogP contribution >= 0.6 is 0 Å². The van der Waals surface area contributed by atoms with Gasteiger partial charge in [-0.15, -0.1) is 0 Å². The lowest BCUT2D eigenvalue weighted by atomic mass is 9.83. The van der Waals surface area contributed by atoms with Crippen molar-refractivity contribution < 1.29 is 14.3 Å². The van der Waals surface area contributed by atoms with Crippen molar-refractivity contribution in [1.82, 2.24) is 4.90 Å². The van der Waals surface area contributed by atoms with Crippen LogP contribution in [0.3, 0.4) is 0 Å². The Bertz CT molecular complexity index is 359. The predicted molar refractivity (Wildman–Crippen MR) is 75.9 cm³/mol. The molecule has 1 heterocycles. The zero-order chi connectivity index (χ0) is 14.5. The molecule has 114 valence electrons. The minimum absolute atomic E-state index is 0.00201. The molecular weight excluding hydrogens is 256 g/mol. The third-order valence-electron chi connectivity index (χ3n) is 4.68. The smallest absolute Gasteiger partial charge is 0.307 e. The van der Waals surface area contributed by atoms with Crippen LogP contribution in [0, 0.1) is 5.92 Å². The van der Waals surface area contributed by atoms with Crippen molar-refractivity contribution >= 4 is 11.9 Å². The summed E-state index contributed by atoms with van der Waals surface area (Å²) >= 11 is 0. The van der Waals surface area contributed by atoms with Gasteiger partial charge in [-0.2, -0.15) is 0 Å². The van der Waals surface area contributed by atoms with Gasteiger partial charge in [-0.25, -0.2) is 0 Å². The Balaban J connectivity index is 2.02. The van der Waals surface area contributed by atoms with Crippen LogP contribution in [0.25, 0.3) is 0 Å². The Morgan fingerprint density at radius 2 is 1.85 bits per heavy atom. The summed E-state index contributed by atoms with van der Waals surface area (Å²) in [6, 6.07) is -0.0187. The van der Waals surface area contributed by atoms with E-state index in [1.165, 1.54) is 7.11 Å². The summed E-state index contributed by atoms with van der Waals surface area (Å²) < 4.78 is 4.75. The van der Waals surface area contributed by atoms with Gasteiger partial charge in [0, 0.05) is 18.6 Å². The van der Waals surface area contributed by atoms with E-state index < -0.39 is 0 Å². The molecular formula is C15H26N2O3. The van der Waals surface area contributed by atoms with E-state index in [0.717, 1.165) is 51.5 Å². The second-order valence-electron chi connectivity index (χ2n) is 6.02. The molecule has 0 aromatic heterocycles. The van der Waals surface area contributed by atoms with Crippen molar-refractivity contribution in [1.29, 1.82) is 0 Å². The maximum atomic E-state index is 12.7. The van der Waals surface area contributed by atoms with Gasteiger partial charge in [0.1, 0.15) is 0 Å². The van der Waals surface area contributed by atoms with Gasteiger partial charge >= 0.3 is 5.97 Å². The average Bonchev–Trinajstić information content (AvgIpc) is 2.47. The van der Waals surface area contributed by atoms with Gasteiger partial charge in [0.05, 0.1) is 19.4 Å². The Morgan fingerprint density at radius 3 is 2.55 bits per heavy atom. The Labute approximate surface area is 120 Å². The highest BCUT2D eigenvalue weighted by Gasteiger charge is 2.36. The third-order valence-corrected chi connectivity index (χ3v) is 4.68. The lowest BCUT2D eigenvalue weighted by molar-refractivity contribution is -0.146. The van der Waals surface area contributed by atoms with Gasteiger partial charge < -0.3 is 15.4 Å². The van der Waals surface area contributed by atoms with E-state index in [9.17, 15) is 9.59 Å². The quantitative estimate of drug-likeness (QED) is 0.795. The van der Waals surface area contributed by atoms with Gasteiger partial charge in [0.25, 0.3) is 0 Å². The number of likely N-dealkylation sites (tertiary alicyclic amines) is 1. The van der Waals surface area contributed by atoms with Crippen LogP contribution in [-0.2, 0) is 14.3 Å². The van der Waals surface area contributed by atoms with Crippen molar-refractivity contribution in [3.05, 3.63) is 0 Å². The molecule has 2 aliphatic rings. The number of carbonyl (C=O) groups excluding carboxylic acids is 2. The Hall–Kier alpha value is -1.10. The maximum absolute atomic E-state index is 12.7. The molecule has 1 amide bonds. The van der Waals surface area contributed by atoms with Gasteiger partial charge in [-0.3, -0.25) is 9.59 Å². The minimum Gasteiger partial charge on any atom is -0.469 e. The molecule has 20 heavy (non-hydrogen) atoms. The lowest BCUT2D eigenvalue weighted by Crippen LogP contribution is -2.51. The first-order valence-electron chi connectivity index (χ1n) is 7.76. The van der Waals surface area contributed by atoms with E-state index in [4.69, 9.17) is 10.5 Å². The van der Waals surface area contributed by atoms with E-state index in [0.29, 0.717) is 6.42 Å². The molecule has 3 atom stereocenters. The number of piperidine rings is 1. The molecule has 5 nitrogen and oxygen atoms in total. The van der Waals surface area contributed by atoms with Gasteiger partial charge in [-0.05, 0) is 32.1 Å². The van der Waals surface area contributed by atoms with E-state index in [-0.39, 0.29) is 29.9 Å². The first-order valence-corrected chi connectivity index (χ1v) is 7.76. The van der Waals surface area contributed by atoms with Crippen LogP contribution in [0.1, 0.15) is 51.4 Å². The fourth-order valence-electron chi connectivity index (χ4n) is 3.46. The van der Waals surface area contributed by atoms with Crippen LogP contribution in [0.4, 0.5) is 0 Å². The summed E-state index contributed by atoms with van der Waals surface area (Å²) in [6.45, 7) is 0.754. The summed E-state index contributed by atoms with van der Waals surface area (Å²) in [7, 11) is 1.40. The summed E-state index contributed by atoms with van der Waals surface area (Å²) in [6.07, 6.45) is 7.32. The average molecular weight is 282 g/mol. The molecule has 3 unspecified atom stereocenters. The van der Waals surface area contributed by atoms with Crippen molar-refractivity contribution in [2.75, 3.05) is 13.7 Å². The largest absolute Gasteiger partial charge is 0.469 e. The number of hydrogen-bond donors (Lipinski definition) is 1. The molecule has 2 rings (SSSR count). The summed E-state index contributed by atoms with van der Waals surface area (Å²) in [5.74, 6) is -0.129. The molecule has 2 N–H and O–H groups in total. The highest BCUT2D eigenvalue weighted by Crippen LogP contribution is 2.28. The number of ether oxygens (including phenoxy) is 1. The molecule has 0 spiro atoms. The van der Waals surface area contributed by atoms with Gasteiger partial charge in [0.15, 0.2) is 0 Å². The molecule has 5 heteroatoms. The number of rotatable bonds is 3. The highest BCUT2D eigenvalue weighted by molar-refractivity contribution is 5.81. The first-order chi connectivity index (χ1) is 9.63. The number of amides is 1.